The lowest BCUT2D eigenvalue weighted by Crippen LogP contribution is -2.13. The maximum Gasteiger partial charge on any atom is 0.223 e. The first-order valence-electron chi connectivity index (χ1n) is 10.6. The second kappa shape index (κ2) is 10.4. The molecule has 1 aromatic heterocycles. The van der Waals surface area contributed by atoms with E-state index < -0.39 is 0 Å². The van der Waals surface area contributed by atoms with E-state index in [4.69, 9.17) is 21.3 Å². The van der Waals surface area contributed by atoms with Gasteiger partial charge in [-0.1, -0.05) is 29.8 Å². The van der Waals surface area contributed by atoms with Gasteiger partial charge in [-0.3, -0.25) is 0 Å². The number of allylic oxidation sites excluding steroid dienone is 3. The number of aryl methyl sites for hydroxylation is 1. The Labute approximate surface area is 202 Å². The molecule has 0 amide bonds. The largest absolute Gasteiger partial charge is 0.496 e. The Balaban J connectivity index is 1.64. The molecule has 6 nitrogen and oxygen atoms in total. The van der Waals surface area contributed by atoms with Crippen molar-refractivity contribution in [3.63, 3.8) is 0 Å². The summed E-state index contributed by atoms with van der Waals surface area (Å²) in [5.74, 6) is 0.702. The number of hydrogen-bond acceptors (Lipinski definition) is 6. The summed E-state index contributed by atoms with van der Waals surface area (Å²) in [6, 6.07) is 11.9. The molecule has 4 rings (SSSR count). The molecule has 8 heteroatoms. The van der Waals surface area contributed by atoms with Gasteiger partial charge in [0.2, 0.25) is 5.96 Å². The summed E-state index contributed by atoms with van der Waals surface area (Å²) in [7, 11) is 1.62. The molecule has 3 aromatic rings. The average Bonchev–Trinajstić information content (AvgIpc) is 2.89. The molecule has 0 bridgehead atoms. The normalized spacial score (nSPS) is 19.3. The number of guanidine groups is 1. The third kappa shape index (κ3) is 5.38. The van der Waals surface area contributed by atoms with Crippen LogP contribution in [0, 0.1) is 12.7 Å². The lowest BCUT2D eigenvalue weighted by atomic mass is 10.0. The van der Waals surface area contributed by atoms with Crippen LogP contribution >= 0.6 is 11.6 Å². The first-order valence-corrected chi connectivity index (χ1v) is 11.0. The quantitative estimate of drug-likeness (QED) is 0.492. The van der Waals surface area contributed by atoms with Crippen molar-refractivity contribution < 1.29 is 9.13 Å². The highest BCUT2D eigenvalue weighted by Crippen LogP contribution is 2.32. The van der Waals surface area contributed by atoms with Crippen LogP contribution < -0.4 is 10.1 Å². The van der Waals surface area contributed by atoms with Crippen molar-refractivity contribution in [3.05, 3.63) is 89.1 Å². The lowest BCUT2D eigenvalue weighted by Gasteiger charge is -2.13. The van der Waals surface area contributed by atoms with E-state index in [1.165, 1.54) is 18.5 Å². The maximum atomic E-state index is 13.6. The molecule has 34 heavy (non-hydrogen) atoms. The van der Waals surface area contributed by atoms with Gasteiger partial charge in [0.05, 0.1) is 24.4 Å². The van der Waals surface area contributed by atoms with Crippen LogP contribution in [0.15, 0.2) is 77.0 Å². The number of aliphatic imine (C=N–C) groups is 2. The molecule has 1 N–H and O–H groups in total. The summed E-state index contributed by atoms with van der Waals surface area (Å²) in [5, 5.41) is 3.58. The van der Waals surface area contributed by atoms with Gasteiger partial charge in [0.15, 0.2) is 0 Å². The van der Waals surface area contributed by atoms with Crippen molar-refractivity contribution in [2.24, 2.45) is 9.98 Å². The average molecular weight is 476 g/mol. The second-order valence-corrected chi connectivity index (χ2v) is 7.99. The topological polar surface area (TPSA) is 71.8 Å². The van der Waals surface area contributed by atoms with Crippen molar-refractivity contribution >= 4 is 34.5 Å². The third-order valence-electron chi connectivity index (χ3n) is 5.17. The number of anilines is 1. The van der Waals surface area contributed by atoms with Crippen LogP contribution in [0.1, 0.15) is 18.2 Å². The number of rotatable bonds is 4. The molecule has 0 radical (unpaired) electrons. The van der Waals surface area contributed by atoms with Crippen molar-refractivity contribution in [1.82, 2.24) is 9.97 Å². The first kappa shape index (κ1) is 23.3. The minimum Gasteiger partial charge on any atom is -0.496 e. The molecular formula is C26H23ClFN5O. The highest BCUT2D eigenvalue weighted by molar-refractivity contribution is 6.36. The van der Waals surface area contributed by atoms with Crippen LogP contribution in [-0.2, 0) is 0 Å². The minimum absolute atomic E-state index is 0.320. The van der Waals surface area contributed by atoms with Crippen LogP contribution in [0.3, 0.4) is 0 Å². The van der Waals surface area contributed by atoms with Crippen molar-refractivity contribution in [3.8, 4) is 17.0 Å². The lowest BCUT2D eigenvalue weighted by molar-refractivity contribution is 0.416. The molecule has 0 unspecified atom stereocenters. The fourth-order valence-corrected chi connectivity index (χ4v) is 3.78. The van der Waals surface area contributed by atoms with E-state index in [2.05, 4.69) is 20.3 Å². The fourth-order valence-electron chi connectivity index (χ4n) is 3.51. The monoisotopic (exact) mass is 475 g/mol. The van der Waals surface area contributed by atoms with E-state index in [0.717, 1.165) is 28.2 Å². The standard InChI is InChI=1S/C26H23ClFN5O/c1-16-12-24(31-15-30-16)22-10-8-19(14-25(22)34-3)33-26-29-11-5-4-6-20(17(2)32-26)21-9-7-18(28)13-23(21)27/h4-10,12-15H,11H2,1-3H3,(H,29,33)/b5-4-,20-6-,32-17+. The van der Waals surface area contributed by atoms with Crippen molar-refractivity contribution in [2.45, 2.75) is 13.8 Å². The molecule has 0 saturated carbocycles. The molecule has 0 spiro atoms. The van der Waals surface area contributed by atoms with Crippen LogP contribution in [0.4, 0.5) is 10.1 Å². The SMILES string of the molecule is COc1cc(NC2=N\C\C=C/C=C(c3ccc(F)cc3Cl)/C(C)=N/2)ccc1-c1cc(C)ncn1. The third-order valence-corrected chi connectivity index (χ3v) is 5.48. The Morgan fingerprint density at radius 1 is 1.03 bits per heavy atom. The molecule has 0 aliphatic carbocycles. The zero-order valence-electron chi connectivity index (χ0n) is 19.0. The minimum atomic E-state index is -0.388. The molecule has 1 aliphatic rings. The number of aromatic nitrogens is 2. The summed E-state index contributed by atoms with van der Waals surface area (Å²) in [5.41, 5.74) is 5.43. The number of halogens is 2. The van der Waals surface area contributed by atoms with Crippen molar-refractivity contribution in [1.29, 1.82) is 0 Å². The Bertz CT molecular complexity index is 1350. The van der Waals surface area contributed by atoms with Gasteiger partial charge < -0.3 is 10.1 Å². The van der Waals surface area contributed by atoms with E-state index in [9.17, 15) is 4.39 Å². The van der Waals surface area contributed by atoms with E-state index >= 15 is 0 Å². The number of nitrogens with zero attached hydrogens (tertiary/aromatic N) is 4. The van der Waals surface area contributed by atoms with Crippen molar-refractivity contribution in [2.75, 3.05) is 19.0 Å². The second-order valence-electron chi connectivity index (χ2n) is 7.58. The Hall–Kier alpha value is -3.84. The van der Waals surface area contributed by atoms with Crippen LogP contribution in [-0.4, -0.2) is 35.3 Å². The number of benzene rings is 2. The highest BCUT2D eigenvalue weighted by Gasteiger charge is 2.13. The van der Waals surface area contributed by atoms with Crippen LogP contribution in [0.2, 0.25) is 5.02 Å². The van der Waals surface area contributed by atoms with Gasteiger partial charge in [-0.15, -0.1) is 0 Å². The zero-order chi connectivity index (χ0) is 24.1. The van der Waals surface area contributed by atoms with Gasteiger partial charge in [0.1, 0.15) is 17.9 Å². The molecule has 0 atom stereocenters. The number of hydrogen-bond donors (Lipinski definition) is 1. The summed E-state index contributed by atoms with van der Waals surface area (Å²) < 4.78 is 19.2. The molecule has 0 saturated heterocycles. The number of methoxy groups -OCH3 is 1. The predicted octanol–water partition coefficient (Wildman–Crippen LogP) is 6.14. The van der Waals surface area contributed by atoms with E-state index in [1.54, 1.807) is 13.2 Å². The van der Waals surface area contributed by atoms with E-state index in [-0.39, 0.29) is 5.82 Å². The molecule has 2 heterocycles. The van der Waals surface area contributed by atoms with Gasteiger partial charge in [0.25, 0.3) is 0 Å². The summed E-state index contributed by atoms with van der Waals surface area (Å²) >= 11 is 6.31. The van der Waals surface area contributed by atoms with E-state index in [0.29, 0.717) is 34.6 Å². The van der Waals surface area contributed by atoms with Gasteiger partial charge in [0, 0.05) is 39.9 Å². The van der Waals surface area contributed by atoms with Gasteiger partial charge in [-0.05, 0) is 50.2 Å². The molecular weight excluding hydrogens is 453 g/mol. The zero-order valence-corrected chi connectivity index (χ0v) is 19.8. The molecule has 0 fully saturated rings. The molecule has 172 valence electrons. The fraction of sp³-hybridized carbons (Fsp3) is 0.154. The highest BCUT2D eigenvalue weighted by atomic mass is 35.5. The van der Waals surface area contributed by atoms with Crippen LogP contribution in [0.5, 0.6) is 5.75 Å². The first-order chi connectivity index (χ1) is 16.4. The van der Waals surface area contributed by atoms with E-state index in [1.807, 2.05) is 56.3 Å². The smallest absolute Gasteiger partial charge is 0.223 e. The summed E-state index contributed by atoms with van der Waals surface area (Å²) in [6.45, 7) is 4.22. The summed E-state index contributed by atoms with van der Waals surface area (Å²) in [6.07, 6.45) is 7.24. The predicted molar refractivity (Wildman–Crippen MR) is 136 cm³/mol. The number of ether oxygens (including phenoxy) is 1. The Kier molecular flexibility index (Phi) is 7.13. The molecule has 1 aliphatic heterocycles. The Morgan fingerprint density at radius 2 is 1.85 bits per heavy atom. The molecule has 2 aromatic carbocycles. The van der Waals surface area contributed by atoms with Gasteiger partial charge in [-0.2, -0.15) is 0 Å². The van der Waals surface area contributed by atoms with Crippen LogP contribution in [0.25, 0.3) is 16.8 Å². The Morgan fingerprint density at radius 3 is 2.62 bits per heavy atom. The number of nitrogens with one attached hydrogen (secondary N) is 1. The summed E-state index contributed by atoms with van der Waals surface area (Å²) in [4.78, 5) is 17.7. The van der Waals surface area contributed by atoms with Gasteiger partial charge in [-0.25, -0.2) is 24.3 Å². The van der Waals surface area contributed by atoms with Gasteiger partial charge >= 0.3 is 0 Å². The maximum absolute atomic E-state index is 13.6.